The molecule has 6 nitrogen and oxygen atoms in total. The Labute approximate surface area is 187 Å². The number of hydrogen-bond acceptors (Lipinski definition) is 4. The Morgan fingerprint density at radius 2 is 1.94 bits per heavy atom. The van der Waals surface area contributed by atoms with E-state index in [1.807, 2.05) is 51.1 Å². The van der Waals surface area contributed by atoms with Crippen molar-refractivity contribution in [1.82, 2.24) is 14.5 Å². The highest BCUT2D eigenvalue weighted by molar-refractivity contribution is 6.31. The van der Waals surface area contributed by atoms with Crippen molar-refractivity contribution in [3.8, 4) is 0 Å². The van der Waals surface area contributed by atoms with Gasteiger partial charge in [0, 0.05) is 18.1 Å². The average Bonchev–Trinajstić information content (AvgIpc) is 2.78. The van der Waals surface area contributed by atoms with Gasteiger partial charge in [-0.15, -0.1) is 0 Å². The fourth-order valence-electron chi connectivity index (χ4n) is 3.66. The van der Waals surface area contributed by atoms with Gasteiger partial charge < -0.3 is 9.64 Å². The minimum absolute atomic E-state index is 0.0290. The predicted molar refractivity (Wildman–Crippen MR) is 123 cm³/mol. The van der Waals surface area contributed by atoms with Crippen LogP contribution in [0.5, 0.6) is 0 Å². The molecule has 0 bridgehead atoms. The molecule has 31 heavy (non-hydrogen) atoms. The van der Waals surface area contributed by atoms with Crippen LogP contribution in [0.15, 0.2) is 53.3 Å². The van der Waals surface area contributed by atoms with Crippen LogP contribution in [0.3, 0.4) is 0 Å². The molecule has 0 spiro atoms. The van der Waals surface area contributed by atoms with Gasteiger partial charge in [0.15, 0.2) is 0 Å². The van der Waals surface area contributed by atoms with Crippen LogP contribution in [0.1, 0.15) is 44.6 Å². The van der Waals surface area contributed by atoms with E-state index < -0.39 is 0 Å². The van der Waals surface area contributed by atoms with E-state index in [2.05, 4.69) is 0 Å². The lowest BCUT2D eigenvalue weighted by molar-refractivity contribution is -0.139. The van der Waals surface area contributed by atoms with Crippen LogP contribution in [-0.4, -0.2) is 33.5 Å². The zero-order valence-electron chi connectivity index (χ0n) is 18.2. The molecule has 0 fully saturated rings. The van der Waals surface area contributed by atoms with Gasteiger partial charge >= 0.3 is 0 Å². The third-order valence-electron chi connectivity index (χ3n) is 5.23. The first kappa shape index (κ1) is 23.0. The van der Waals surface area contributed by atoms with Crippen molar-refractivity contribution in [2.75, 3.05) is 13.2 Å². The lowest BCUT2D eigenvalue weighted by Crippen LogP contribution is -2.40. The molecule has 3 rings (SSSR count). The van der Waals surface area contributed by atoms with Gasteiger partial charge in [-0.25, -0.2) is 4.98 Å². The largest absolute Gasteiger partial charge is 0.367 e. The maximum atomic E-state index is 13.1. The number of carbonyl (C=O) groups is 1. The van der Waals surface area contributed by atoms with Crippen LogP contribution in [0.4, 0.5) is 0 Å². The average molecular weight is 442 g/mol. The Morgan fingerprint density at radius 1 is 1.19 bits per heavy atom. The Hall–Kier alpha value is -2.70. The normalized spacial score (nSPS) is 12.1. The number of carbonyl (C=O) groups excluding carboxylic acids is 1. The molecule has 1 aromatic heterocycles. The summed E-state index contributed by atoms with van der Waals surface area (Å²) in [5, 5.41) is 0.970. The van der Waals surface area contributed by atoms with Crippen LogP contribution >= 0.6 is 11.6 Å². The molecule has 164 valence electrons. The fourth-order valence-corrected chi connectivity index (χ4v) is 3.83. The van der Waals surface area contributed by atoms with Crippen molar-refractivity contribution in [2.45, 2.75) is 46.4 Å². The van der Waals surface area contributed by atoms with Crippen LogP contribution in [0.2, 0.25) is 5.02 Å². The third-order valence-corrected chi connectivity index (χ3v) is 5.46. The second-order valence-corrected chi connectivity index (χ2v) is 7.86. The number of amides is 1. The second-order valence-electron chi connectivity index (χ2n) is 7.42. The molecule has 0 saturated carbocycles. The molecule has 2 aromatic carbocycles. The lowest BCUT2D eigenvalue weighted by Gasteiger charge is -2.30. The summed E-state index contributed by atoms with van der Waals surface area (Å²) >= 11 is 6.07. The first-order valence-electron chi connectivity index (χ1n) is 10.6. The fraction of sp³-hybridized carbons (Fsp3) is 0.375. The van der Waals surface area contributed by atoms with E-state index in [0.29, 0.717) is 41.4 Å². The highest BCUT2D eigenvalue weighted by Gasteiger charge is 2.25. The van der Waals surface area contributed by atoms with Gasteiger partial charge in [-0.05, 0) is 44.0 Å². The number of aromatic nitrogens is 2. The minimum Gasteiger partial charge on any atom is -0.367 e. The molecule has 0 N–H and O–H groups in total. The number of rotatable bonds is 9. The maximum absolute atomic E-state index is 13.1. The Kier molecular flexibility index (Phi) is 7.82. The number of hydrogen-bond donors (Lipinski definition) is 0. The summed E-state index contributed by atoms with van der Waals surface area (Å²) in [6, 6.07) is 14.5. The summed E-state index contributed by atoms with van der Waals surface area (Å²) in [6.45, 7) is 7.15. The van der Waals surface area contributed by atoms with Crippen LogP contribution in [-0.2, 0) is 22.7 Å². The molecular formula is C24H28ClN3O3. The first-order valence-corrected chi connectivity index (χ1v) is 10.9. The molecule has 0 aliphatic rings. The lowest BCUT2D eigenvalue weighted by atomic mass is 10.2. The SMILES string of the molecule is CCCN(C(=O)COCc1ccccc1)C(C)c1nc2ccc(Cl)cc2c(=O)n1CC. The number of fused-ring (bicyclic) bond motifs is 1. The second kappa shape index (κ2) is 10.6. The van der Waals surface area contributed by atoms with E-state index in [-0.39, 0.29) is 24.1 Å². The van der Waals surface area contributed by atoms with Gasteiger partial charge in [0.1, 0.15) is 12.4 Å². The summed E-state index contributed by atoms with van der Waals surface area (Å²) in [5.41, 5.74) is 1.44. The Balaban J connectivity index is 1.85. The van der Waals surface area contributed by atoms with Gasteiger partial charge in [0.05, 0.1) is 23.6 Å². The predicted octanol–water partition coefficient (Wildman–Crippen LogP) is 4.59. The molecule has 0 saturated heterocycles. The summed E-state index contributed by atoms with van der Waals surface area (Å²) in [4.78, 5) is 32.5. The topological polar surface area (TPSA) is 64.4 Å². The molecule has 1 amide bonds. The van der Waals surface area contributed by atoms with Crippen molar-refractivity contribution < 1.29 is 9.53 Å². The molecular weight excluding hydrogens is 414 g/mol. The third kappa shape index (κ3) is 5.32. The van der Waals surface area contributed by atoms with Gasteiger partial charge in [-0.2, -0.15) is 0 Å². The molecule has 1 atom stereocenters. The zero-order valence-corrected chi connectivity index (χ0v) is 18.9. The molecule has 7 heteroatoms. The van der Waals surface area contributed by atoms with Crippen molar-refractivity contribution in [3.63, 3.8) is 0 Å². The summed E-state index contributed by atoms with van der Waals surface area (Å²) in [7, 11) is 0. The van der Waals surface area contributed by atoms with E-state index in [4.69, 9.17) is 21.3 Å². The standard InChI is InChI=1S/C24H28ClN3O3/c1-4-13-28(22(29)16-31-15-18-9-7-6-8-10-18)17(3)23-26-21-12-11-19(25)14-20(21)24(30)27(23)5-2/h6-12,14,17H,4-5,13,15-16H2,1-3H3. The minimum atomic E-state index is -0.375. The molecule has 1 heterocycles. The molecule has 1 unspecified atom stereocenters. The van der Waals surface area contributed by atoms with E-state index in [1.165, 1.54) is 0 Å². The van der Waals surface area contributed by atoms with E-state index in [9.17, 15) is 9.59 Å². The van der Waals surface area contributed by atoms with Crippen LogP contribution < -0.4 is 5.56 Å². The quantitative estimate of drug-likeness (QED) is 0.487. The van der Waals surface area contributed by atoms with Gasteiger partial charge in [-0.1, -0.05) is 48.9 Å². The smallest absolute Gasteiger partial charge is 0.261 e. The van der Waals surface area contributed by atoms with Gasteiger partial charge in [0.2, 0.25) is 5.91 Å². The van der Waals surface area contributed by atoms with Crippen LogP contribution in [0.25, 0.3) is 10.9 Å². The Bertz CT molecular complexity index is 1100. The molecule has 0 aliphatic heterocycles. The number of halogens is 1. The number of ether oxygens (including phenoxy) is 1. The highest BCUT2D eigenvalue weighted by Crippen LogP contribution is 2.22. The zero-order chi connectivity index (χ0) is 22.4. The molecule has 0 radical (unpaired) electrons. The van der Waals surface area contributed by atoms with Gasteiger partial charge in [0.25, 0.3) is 5.56 Å². The maximum Gasteiger partial charge on any atom is 0.261 e. The van der Waals surface area contributed by atoms with E-state index in [0.717, 1.165) is 12.0 Å². The van der Waals surface area contributed by atoms with Gasteiger partial charge in [-0.3, -0.25) is 14.2 Å². The van der Waals surface area contributed by atoms with Crippen molar-refractivity contribution in [1.29, 1.82) is 0 Å². The van der Waals surface area contributed by atoms with E-state index >= 15 is 0 Å². The first-order chi connectivity index (χ1) is 15.0. The Morgan fingerprint density at radius 3 is 2.61 bits per heavy atom. The molecule has 3 aromatic rings. The number of benzene rings is 2. The van der Waals surface area contributed by atoms with Crippen LogP contribution in [0, 0.1) is 0 Å². The summed E-state index contributed by atoms with van der Waals surface area (Å²) in [5.74, 6) is 0.436. The van der Waals surface area contributed by atoms with E-state index in [1.54, 1.807) is 27.7 Å². The monoisotopic (exact) mass is 441 g/mol. The summed E-state index contributed by atoms with van der Waals surface area (Å²) in [6.07, 6.45) is 0.786. The highest BCUT2D eigenvalue weighted by atomic mass is 35.5. The van der Waals surface area contributed by atoms with Crippen molar-refractivity contribution >= 4 is 28.4 Å². The van der Waals surface area contributed by atoms with Crippen molar-refractivity contribution in [2.24, 2.45) is 0 Å². The number of nitrogens with zero attached hydrogens (tertiary/aromatic N) is 3. The summed E-state index contributed by atoms with van der Waals surface area (Å²) < 4.78 is 7.28. The van der Waals surface area contributed by atoms with Crippen molar-refractivity contribution in [3.05, 3.63) is 75.3 Å². The molecule has 0 aliphatic carbocycles.